The first-order chi connectivity index (χ1) is 9.04. The zero-order valence-electron chi connectivity index (χ0n) is 10.3. The van der Waals surface area contributed by atoms with E-state index in [-0.39, 0.29) is 17.5 Å². The summed E-state index contributed by atoms with van der Waals surface area (Å²) in [6, 6.07) is 7.63. The van der Waals surface area contributed by atoms with Crippen LogP contribution in [0.25, 0.3) is 0 Å². The Bertz CT molecular complexity index is 612. The third-order valence-electron chi connectivity index (χ3n) is 2.93. The molecule has 6 nitrogen and oxygen atoms in total. The topological polar surface area (TPSA) is 87.0 Å². The van der Waals surface area contributed by atoms with Crippen molar-refractivity contribution in [2.24, 2.45) is 0 Å². The van der Waals surface area contributed by atoms with E-state index >= 15 is 0 Å². The van der Waals surface area contributed by atoms with E-state index in [1.54, 1.807) is 0 Å². The summed E-state index contributed by atoms with van der Waals surface area (Å²) in [5, 5.41) is 14.9. The molecule has 0 amide bonds. The van der Waals surface area contributed by atoms with E-state index in [2.05, 4.69) is 21.0 Å². The van der Waals surface area contributed by atoms with E-state index in [9.17, 15) is 10.1 Å². The SMILES string of the molecule is CCC(c1cccc(Br)c1)n1ncc([N+](=O)[O-])c1N. The van der Waals surface area contributed by atoms with Gasteiger partial charge in [-0.3, -0.25) is 10.1 Å². The number of benzene rings is 1. The summed E-state index contributed by atoms with van der Waals surface area (Å²) >= 11 is 3.41. The molecule has 1 aromatic heterocycles. The van der Waals surface area contributed by atoms with Gasteiger partial charge in [0, 0.05) is 4.47 Å². The minimum Gasteiger partial charge on any atom is -0.378 e. The highest BCUT2D eigenvalue weighted by atomic mass is 79.9. The van der Waals surface area contributed by atoms with Crippen molar-refractivity contribution < 1.29 is 4.92 Å². The highest BCUT2D eigenvalue weighted by Crippen LogP contribution is 2.30. The minimum atomic E-state index is -0.521. The molecule has 2 rings (SSSR count). The van der Waals surface area contributed by atoms with E-state index in [1.807, 2.05) is 31.2 Å². The van der Waals surface area contributed by atoms with Gasteiger partial charge in [-0.25, -0.2) is 4.68 Å². The molecule has 0 spiro atoms. The molecule has 100 valence electrons. The Morgan fingerprint density at radius 1 is 1.58 bits per heavy atom. The molecule has 0 saturated heterocycles. The fourth-order valence-electron chi connectivity index (χ4n) is 2.02. The molecule has 1 unspecified atom stereocenters. The number of nitrogens with two attached hydrogens (primary N) is 1. The van der Waals surface area contributed by atoms with Gasteiger partial charge in [0.15, 0.2) is 0 Å². The first kappa shape index (κ1) is 13.5. The average Bonchev–Trinajstić information content (AvgIpc) is 2.73. The summed E-state index contributed by atoms with van der Waals surface area (Å²) in [5.74, 6) is 0.0804. The fourth-order valence-corrected chi connectivity index (χ4v) is 2.43. The van der Waals surface area contributed by atoms with Crippen LogP contribution >= 0.6 is 15.9 Å². The molecular formula is C12H13BrN4O2. The van der Waals surface area contributed by atoms with Crippen LogP contribution in [-0.4, -0.2) is 14.7 Å². The van der Waals surface area contributed by atoms with Gasteiger partial charge in [0.25, 0.3) is 0 Å². The molecule has 7 heteroatoms. The van der Waals surface area contributed by atoms with Crippen LogP contribution in [0.4, 0.5) is 11.5 Å². The molecule has 1 aromatic carbocycles. The number of nitrogens with zero attached hydrogens (tertiary/aromatic N) is 3. The second-order valence-electron chi connectivity index (χ2n) is 4.10. The molecule has 19 heavy (non-hydrogen) atoms. The molecule has 2 aromatic rings. The van der Waals surface area contributed by atoms with Crippen molar-refractivity contribution in [1.82, 2.24) is 9.78 Å². The summed E-state index contributed by atoms with van der Waals surface area (Å²) in [4.78, 5) is 10.3. The van der Waals surface area contributed by atoms with Crippen molar-refractivity contribution in [2.45, 2.75) is 19.4 Å². The molecule has 0 fully saturated rings. The Hall–Kier alpha value is -1.89. The predicted molar refractivity (Wildman–Crippen MR) is 75.9 cm³/mol. The van der Waals surface area contributed by atoms with Crippen LogP contribution in [0.2, 0.25) is 0 Å². The summed E-state index contributed by atoms with van der Waals surface area (Å²) < 4.78 is 2.45. The average molecular weight is 325 g/mol. The zero-order chi connectivity index (χ0) is 14.0. The van der Waals surface area contributed by atoms with Crippen LogP contribution in [0.15, 0.2) is 34.9 Å². The van der Waals surface area contributed by atoms with Crippen LogP contribution in [-0.2, 0) is 0 Å². The van der Waals surface area contributed by atoms with Crippen molar-refractivity contribution >= 4 is 27.4 Å². The third-order valence-corrected chi connectivity index (χ3v) is 3.42. The minimum absolute atomic E-state index is 0.0804. The number of anilines is 1. The summed E-state index contributed by atoms with van der Waals surface area (Å²) in [6.07, 6.45) is 1.93. The Labute approximate surface area is 118 Å². The standard InChI is InChI=1S/C12H13BrN4O2/c1-2-10(8-4-3-5-9(13)6-8)16-12(14)11(7-15-16)17(18)19/h3-7,10H,2,14H2,1H3. The van der Waals surface area contributed by atoms with Gasteiger partial charge < -0.3 is 5.73 Å². The molecule has 0 bridgehead atoms. The number of hydrogen-bond donors (Lipinski definition) is 1. The second-order valence-corrected chi connectivity index (χ2v) is 5.01. The largest absolute Gasteiger partial charge is 0.378 e. The first-order valence-corrected chi connectivity index (χ1v) is 6.56. The smallest absolute Gasteiger partial charge is 0.330 e. The van der Waals surface area contributed by atoms with E-state index in [0.29, 0.717) is 0 Å². The zero-order valence-corrected chi connectivity index (χ0v) is 11.9. The van der Waals surface area contributed by atoms with Crippen LogP contribution in [0, 0.1) is 10.1 Å². The molecule has 0 radical (unpaired) electrons. The molecule has 2 N–H and O–H groups in total. The molecule has 0 saturated carbocycles. The maximum Gasteiger partial charge on any atom is 0.330 e. The number of nitro groups is 1. The van der Waals surface area contributed by atoms with E-state index in [1.165, 1.54) is 10.9 Å². The molecule has 1 heterocycles. The number of halogens is 1. The fraction of sp³-hybridized carbons (Fsp3) is 0.250. The van der Waals surface area contributed by atoms with Gasteiger partial charge in [-0.2, -0.15) is 5.10 Å². The normalized spacial score (nSPS) is 12.3. The number of aromatic nitrogens is 2. The van der Waals surface area contributed by atoms with Gasteiger partial charge in [-0.15, -0.1) is 0 Å². The summed E-state index contributed by atoms with van der Waals surface area (Å²) in [6.45, 7) is 1.98. The number of nitrogen functional groups attached to an aromatic ring is 1. The lowest BCUT2D eigenvalue weighted by atomic mass is 10.1. The van der Waals surface area contributed by atoms with Crippen molar-refractivity contribution in [3.63, 3.8) is 0 Å². The van der Waals surface area contributed by atoms with Gasteiger partial charge in [0.05, 0.1) is 11.0 Å². The predicted octanol–water partition coefficient (Wildman–Crippen LogP) is 3.14. The van der Waals surface area contributed by atoms with Crippen LogP contribution in [0.3, 0.4) is 0 Å². The number of rotatable bonds is 4. The van der Waals surface area contributed by atoms with Crippen molar-refractivity contribution in [3.8, 4) is 0 Å². The Morgan fingerprint density at radius 3 is 2.84 bits per heavy atom. The molecule has 0 aliphatic rings. The van der Waals surface area contributed by atoms with Crippen molar-refractivity contribution in [1.29, 1.82) is 0 Å². The Balaban J connectivity index is 2.46. The molecule has 0 aliphatic carbocycles. The highest BCUT2D eigenvalue weighted by molar-refractivity contribution is 9.10. The second kappa shape index (κ2) is 5.40. The monoisotopic (exact) mass is 324 g/mol. The van der Waals surface area contributed by atoms with Crippen LogP contribution < -0.4 is 5.73 Å². The van der Waals surface area contributed by atoms with Crippen LogP contribution in [0.1, 0.15) is 24.9 Å². The number of hydrogen-bond acceptors (Lipinski definition) is 4. The van der Waals surface area contributed by atoms with Gasteiger partial charge >= 0.3 is 5.69 Å². The molecule has 1 atom stereocenters. The third kappa shape index (κ3) is 2.60. The van der Waals surface area contributed by atoms with Crippen molar-refractivity contribution in [3.05, 3.63) is 50.6 Å². The highest BCUT2D eigenvalue weighted by Gasteiger charge is 2.23. The van der Waals surface area contributed by atoms with E-state index in [4.69, 9.17) is 5.73 Å². The Morgan fingerprint density at radius 2 is 2.32 bits per heavy atom. The summed E-state index contributed by atoms with van der Waals surface area (Å²) in [5.41, 5.74) is 6.65. The van der Waals surface area contributed by atoms with Gasteiger partial charge in [-0.05, 0) is 24.1 Å². The first-order valence-electron chi connectivity index (χ1n) is 5.77. The maximum absolute atomic E-state index is 10.8. The van der Waals surface area contributed by atoms with E-state index < -0.39 is 4.92 Å². The molecular weight excluding hydrogens is 312 g/mol. The lowest BCUT2D eigenvalue weighted by Gasteiger charge is -2.17. The molecule has 0 aliphatic heterocycles. The van der Waals surface area contributed by atoms with Crippen molar-refractivity contribution in [2.75, 3.05) is 5.73 Å². The van der Waals surface area contributed by atoms with E-state index in [0.717, 1.165) is 16.5 Å². The Kier molecular flexibility index (Phi) is 3.84. The van der Waals surface area contributed by atoms with Gasteiger partial charge in [0.2, 0.25) is 5.82 Å². The lowest BCUT2D eigenvalue weighted by Crippen LogP contribution is -2.14. The van der Waals surface area contributed by atoms with Gasteiger partial charge in [-0.1, -0.05) is 35.0 Å². The van der Waals surface area contributed by atoms with Crippen LogP contribution in [0.5, 0.6) is 0 Å². The summed E-state index contributed by atoms with van der Waals surface area (Å²) in [7, 11) is 0. The van der Waals surface area contributed by atoms with Gasteiger partial charge in [0.1, 0.15) is 6.20 Å². The lowest BCUT2D eigenvalue weighted by molar-refractivity contribution is -0.384. The quantitative estimate of drug-likeness (QED) is 0.691. The maximum atomic E-state index is 10.8.